The number of carbonyl (C=O) groups excluding carboxylic acids is 1. The van der Waals surface area contributed by atoms with Crippen LogP contribution in [0.15, 0.2) is 42.0 Å². The molecule has 1 amide bonds. The minimum Gasteiger partial charge on any atom is -0.395 e. The summed E-state index contributed by atoms with van der Waals surface area (Å²) in [5.41, 5.74) is 1.33. The van der Waals surface area contributed by atoms with Crippen molar-refractivity contribution in [1.29, 1.82) is 0 Å². The third kappa shape index (κ3) is 2.79. The minimum absolute atomic E-state index is 0.0911. The van der Waals surface area contributed by atoms with Gasteiger partial charge in [0.2, 0.25) is 0 Å². The molecular formula is C14H14N4O2S. The van der Waals surface area contributed by atoms with Crippen LogP contribution in [0, 0.1) is 0 Å². The molecule has 1 N–H and O–H groups in total. The van der Waals surface area contributed by atoms with E-state index in [4.69, 9.17) is 0 Å². The van der Waals surface area contributed by atoms with Crippen molar-refractivity contribution in [3.8, 4) is 0 Å². The Morgan fingerprint density at radius 1 is 1.33 bits per heavy atom. The fourth-order valence-electron chi connectivity index (χ4n) is 2.14. The molecule has 0 radical (unpaired) electrons. The highest BCUT2D eigenvalue weighted by Crippen LogP contribution is 2.13. The summed E-state index contributed by atoms with van der Waals surface area (Å²) >= 11 is 1.49. The molecule has 0 saturated heterocycles. The summed E-state index contributed by atoms with van der Waals surface area (Å²) in [7, 11) is 0. The molecule has 3 heterocycles. The first-order chi connectivity index (χ1) is 10.3. The number of carbonyl (C=O) groups is 1. The number of thiazole rings is 1. The van der Waals surface area contributed by atoms with E-state index in [1.807, 2.05) is 23.6 Å². The van der Waals surface area contributed by atoms with Crippen molar-refractivity contribution in [1.82, 2.24) is 19.5 Å². The lowest BCUT2D eigenvalue weighted by molar-refractivity contribution is 0.0699. The second kappa shape index (κ2) is 6.02. The number of fused-ring (bicyclic) bond motifs is 1. The zero-order valence-corrected chi connectivity index (χ0v) is 12.0. The number of aromatic nitrogens is 3. The van der Waals surface area contributed by atoms with Crippen LogP contribution in [-0.2, 0) is 6.54 Å². The summed E-state index contributed by atoms with van der Waals surface area (Å²) in [5, 5.41) is 16.1. The highest BCUT2D eigenvalue weighted by molar-refractivity contribution is 7.09. The monoisotopic (exact) mass is 302 g/mol. The Hall–Kier alpha value is -2.25. The molecule has 108 valence electrons. The van der Waals surface area contributed by atoms with Crippen molar-refractivity contribution >= 4 is 22.8 Å². The fraction of sp³-hybridized carbons (Fsp3) is 0.214. The van der Waals surface area contributed by atoms with Crippen LogP contribution in [-0.4, -0.2) is 43.7 Å². The molecule has 3 aromatic heterocycles. The maximum Gasteiger partial charge on any atom is 0.272 e. The summed E-state index contributed by atoms with van der Waals surface area (Å²) < 4.78 is 1.61. The normalized spacial score (nSPS) is 10.9. The Morgan fingerprint density at radius 2 is 2.24 bits per heavy atom. The Labute approximate surface area is 125 Å². The van der Waals surface area contributed by atoms with Crippen molar-refractivity contribution < 1.29 is 9.90 Å². The largest absolute Gasteiger partial charge is 0.395 e. The van der Waals surface area contributed by atoms with Crippen molar-refractivity contribution in [3.05, 3.63) is 52.7 Å². The van der Waals surface area contributed by atoms with Crippen LogP contribution in [0.3, 0.4) is 0 Å². The van der Waals surface area contributed by atoms with Crippen molar-refractivity contribution in [2.24, 2.45) is 0 Å². The van der Waals surface area contributed by atoms with Gasteiger partial charge in [-0.15, -0.1) is 11.3 Å². The standard InChI is InChI=1S/C14H14N4O2S/c19-8-7-17(10-13-15-6-9-21-13)14(20)12-3-1-2-11-4-5-16-18(11)12/h1-6,9,19H,7-8,10H2. The Kier molecular flexibility index (Phi) is 3.94. The van der Waals surface area contributed by atoms with Gasteiger partial charge in [-0.05, 0) is 18.2 Å². The first-order valence-electron chi connectivity index (χ1n) is 6.51. The number of pyridine rings is 1. The summed E-state index contributed by atoms with van der Waals surface area (Å²) in [4.78, 5) is 18.5. The van der Waals surface area contributed by atoms with E-state index in [2.05, 4.69) is 10.1 Å². The second-order valence-corrected chi connectivity index (χ2v) is 5.43. The molecule has 7 heteroatoms. The number of amides is 1. The van der Waals surface area contributed by atoms with Crippen molar-refractivity contribution in [2.45, 2.75) is 6.54 Å². The molecule has 21 heavy (non-hydrogen) atoms. The Balaban J connectivity index is 1.91. The van der Waals surface area contributed by atoms with Gasteiger partial charge in [-0.3, -0.25) is 4.79 Å². The van der Waals surface area contributed by atoms with E-state index in [9.17, 15) is 9.90 Å². The fourth-order valence-corrected chi connectivity index (χ4v) is 2.77. The lowest BCUT2D eigenvalue weighted by Crippen LogP contribution is -2.34. The molecule has 0 aliphatic carbocycles. The molecule has 0 aromatic carbocycles. The molecule has 0 spiro atoms. The molecule has 6 nitrogen and oxygen atoms in total. The summed E-state index contributed by atoms with van der Waals surface area (Å²) in [6, 6.07) is 7.29. The predicted octanol–water partition coefficient (Wildman–Crippen LogP) is 1.43. The van der Waals surface area contributed by atoms with E-state index in [-0.39, 0.29) is 19.1 Å². The number of aliphatic hydroxyl groups excluding tert-OH is 1. The maximum absolute atomic E-state index is 12.7. The molecule has 3 rings (SSSR count). The van der Waals surface area contributed by atoms with E-state index in [1.165, 1.54) is 11.3 Å². The Bertz CT molecular complexity index is 738. The van der Waals surface area contributed by atoms with Gasteiger partial charge in [0.1, 0.15) is 10.7 Å². The van der Waals surface area contributed by atoms with Crippen LogP contribution in [0.5, 0.6) is 0 Å². The van der Waals surface area contributed by atoms with Gasteiger partial charge >= 0.3 is 0 Å². The highest BCUT2D eigenvalue weighted by Gasteiger charge is 2.19. The van der Waals surface area contributed by atoms with E-state index >= 15 is 0 Å². The Morgan fingerprint density at radius 3 is 3.00 bits per heavy atom. The average Bonchev–Trinajstić information content (AvgIpc) is 3.16. The van der Waals surface area contributed by atoms with E-state index in [0.717, 1.165) is 10.5 Å². The smallest absolute Gasteiger partial charge is 0.272 e. The molecule has 0 aliphatic rings. The predicted molar refractivity (Wildman–Crippen MR) is 79.1 cm³/mol. The topological polar surface area (TPSA) is 70.7 Å². The maximum atomic E-state index is 12.7. The zero-order chi connectivity index (χ0) is 14.7. The summed E-state index contributed by atoms with van der Waals surface area (Å²) in [6.45, 7) is 0.553. The van der Waals surface area contributed by atoms with Gasteiger partial charge in [0.25, 0.3) is 5.91 Å². The second-order valence-electron chi connectivity index (χ2n) is 4.46. The van der Waals surface area contributed by atoms with E-state index in [0.29, 0.717) is 12.2 Å². The minimum atomic E-state index is -0.173. The number of nitrogens with zero attached hydrogens (tertiary/aromatic N) is 4. The van der Waals surface area contributed by atoms with Crippen molar-refractivity contribution in [2.75, 3.05) is 13.2 Å². The molecular weight excluding hydrogens is 288 g/mol. The van der Waals surface area contributed by atoms with Gasteiger partial charge in [0.05, 0.1) is 24.9 Å². The molecule has 0 unspecified atom stereocenters. The van der Waals surface area contributed by atoms with Crippen LogP contribution in [0.4, 0.5) is 0 Å². The molecule has 0 atom stereocenters. The van der Waals surface area contributed by atoms with Crippen LogP contribution < -0.4 is 0 Å². The highest BCUT2D eigenvalue weighted by atomic mass is 32.1. The van der Waals surface area contributed by atoms with Crippen LogP contribution in [0.2, 0.25) is 0 Å². The van der Waals surface area contributed by atoms with E-state index in [1.54, 1.807) is 27.9 Å². The van der Waals surface area contributed by atoms with Gasteiger partial charge in [0, 0.05) is 18.1 Å². The first-order valence-corrected chi connectivity index (χ1v) is 7.39. The molecule has 0 aliphatic heterocycles. The lowest BCUT2D eigenvalue weighted by atomic mass is 10.3. The van der Waals surface area contributed by atoms with Crippen LogP contribution in [0.1, 0.15) is 15.5 Å². The molecule has 0 fully saturated rings. The molecule has 0 saturated carbocycles. The van der Waals surface area contributed by atoms with Gasteiger partial charge in [-0.1, -0.05) is 6.07 Å². The number of rotatable bonds is 5. The zero-order valence-electron chi connectivity index (χ0n) is 11.2. The van der Waals surface area contributed by atoms with Gasteiger partial charge in [-0.25, -0.2) is 9.50 Å². The first kappa shape index (κ1) is 13.7. The quantitative estimate of drug-likeness (QED) is 0.774. The van der Waals surface area contributed by atoms with Crippen molar-refractivity contribution in [3.63, 3.8) is 0 Å². The van der Waals surface area contributed by atoms with Crippen LogP contribution in [0.25, 0.3) is 5.52 Å². The van der Waals surface area contributed by atoms with Crippen LogP contribution >= 0.6 is 11.3 Å². The van der Waals surface area contributed by atoms with Gasteiger partial charge in [0.15, 0.2) is 0 Å². The SMILES string of the molecule is O=C(c1cccc2ccnn12)N(CCO)Cc1nccs1. The third-order valence-corrected chi connectivity index (χ3v) is 3.87. The number of aliphatic hydroxyl groups is 1. The third-order valence-electron chi connectivity index (χ3n) is 3.11. The lowest BCUT2D eigenvalue weighted by Gasteiger charge is -2.20. The van der Waals surface area contributed by atoms with E-state index < -0.39 is 0 Å². The number of hydrogen-bond donors (Lipinski definition) is 1. The van der Waals surface area contributed by atoms with Gasteiger partial charge in [-0.2, -0.15) is 5.10 Å². The summed E-state index contributed by atoms with van der Waals surface area (Å²) in [5.74, 6) is -0.173. The average molecular weight is 302 g/mol. The molecule has 0 bridgehead atoms. The number of hydrogen-bond acceptors (Lipinski definition) is 5. The van der Waals surface area contributed by atoms with Gasteiger partial charge < -0.3 is 10.0 Å². The molecule has 3 aromatic rings. The summed E-state index contributed by atoms with van der Waals surface area (Å²) in [6.07, 6.45) is 3.36.